The SMILES string of the molecule is CCc1ccc2[nH]c(=O)c(CN(Cc3ccco3)[C@H](c3nnnn3C3CCCC3)C(C)C)cc2c1. The van der Waals surface area contributed by atoms with Gasteiger partial charge >= 0.3 is 0 Å². The van der Waals surface area contributed by atoms with Crippen molar-refractivity contribution in [1.82, 2.24) is 30.1 Å². The molecule has 3 aromatic heterocycles. The molecule has 8 heteroatoms. The van der Waals surface area contributed by atoms with Crippen LogP contribution in [0.5, 0.6) is 0 Å². The van der Waals surface area contributed by atoms with Gasteiger partial charge in [0.2, 0.25) is 0 Å². The summed E-state index contributed by atoms with van der Waals surface area (Å²) < 4.78 is 7.76. The molecular weight excluding hydrogens is 440 g/mol. The van der Waals surface area contributed by atoms with Crippen LogP contribution in [-0.2, 0) is 19.5 Å². The Morgan fingerprint density at radius 3 is 2.71 bits per heavy atom. The molecule has 1 atom stereocenters. The molecule has 0 amide bonds. The number of aromatic nitrogens is 5. The summed E-state index contributed by atoms with van der Waals surface area (Å²) in [6.45, 7) is 7.53. The molecule has 35 heavy (non-hydrogen) atoms. The number of tetrazole rings is 1. The Morgan fingerprint density at radius 1 is 1.17 bits per heavy atom. The van der Waals surface area contributed by atoms with Crippen molar-refractivity contribution in [2.24, 2.45) is 5.92 Å². The number of pyridine rings is 1. The number of fused-ring (bicyclic) bond motifs is 1. The second-order valence-corrected chi connectivity index (χ2v) is 9.99. The van der Waals surface area contributed by atoms with E-state index in [1.807, 2.05) is 28.9 Å². The van der Waals surface area contributed by atoms with E-state index in [9.17, 15) is 4.79 Å². The first-order valence-electron chi connectivity index (χ1n) is 12.7. The molecule has 1 N–H and O–H groups in total. The monoisotopic (exact) mass is 474 g/mol. The first-order chi connectivity index (χ1) is 17.0. The van der Waals surface area contributed by atoms with Crippen LogP contribution in [0.25, 0.3) is 10.9 Å². The van der Waals surface area contributed by atoms with E-state index in [1.54, 1.807) is 6.26 Å². The molecule has 8 nitrogen and oxygen atoms in total. The van der Waals surface area contributed by atoms with Gasteiger partial charge < -0.3 is 9.40 Å². The van der Waals surface area contributed by atoms with Gasteiger partial charge in [0.15, 0.2) is 5.82 Å². The third-order valence-corrected chi connectivity index (χ3v) is 7.18. The number of rotatable bonds is 9. The molecular formula is C27H34N6O2. The summed E-state index contributed by atoms with van der Waals surface area (Å²) in [6.07, 6.45) is 7.26. The molecule has 5 rings (SSSR count). The number of furan rings is 1. The van der Waals surface area contributed by atoms with Crippen LogP contribution in [0.15, 0.2) is 51.9 Å². The number of aromatic amines is 1. The van der Waals surface area contributed by atoms with Crippen molar-refractivity contribution in [3.63, 3.8) is 0 Å². The third-order valence-electron chi connectivity index (χ3n) is 7.18. The molecule has 0 saturated heterocycles. The maximum absolute atomic E-state index is 13.1. The van der Waals surface area contributed by atoms with E-state index in [-0.39, 0.29) is 17.5 Å². The molecule has 1 aromatic carbocycles. The maximum atomic E-state index is 13.1. The fraction of sp³-hybridized carbons (Fsp3) is 0.481. The molecule has 1 saturated carbocycles. The third kappa shape index (κ3) is 4.93. The average molecular weight is 475 g/mol. The van der Waals surface area contributed by atoms with Crippen LogP contribution in [0.4, 0.5) is 0 Å². The van der Waals surface area contributed by atoms with E-state index in [1.165, 1.54) is 18.4 Å². The van der Waals surface area contributed by atoms with E-state index >= 15 is 0 Å². The molecule has 0 bridgehead atoms. The summed E-state index contributed by atoms with van der Waals surface area (Å²) in [6, 6.07) is 12.4. The highest BCUT2D eigenvalue weighted by atomic mass is 16.3. The van der Waals surface area contributed by atoms with E-state index in [4.69, 9.17) is 4.42 Å². The smallest absolute Gasteiger partial charge is 0.252 e. The largest absolute Gasteiger partial charge is 0.468 e. The van der Waals surface area contributed by atoms with Gasteiger partial charge in [0, 0.05) is 17.6 Å². The zero-order valence-electron chi connectivity index (χ0n) is 20.8. The van der Waals surface area contributed by atoms with E-state index in [0.717, 1.165) is 47.3 Å². The van der Waals surface area contributed by atoms with E-state index in [2.05, 4.69) is 58.3 Å². The summed E-state index contributed by atoms with van der Waals surface area (Å²) in [4.78, 5) is 18.5. The van der Waals surface area contributed by atoms with Crippen molar-refractivity contribution >= 4 is 10.9 Å². The number of H-pyrrole nitrogens is 1. The molecule has 0 spiro atoms. The second-order valence-electron chi connectivity index (χ2n) is 9.99. The fourth-order valence-electron chi connectivity index (χ4n) is 5.40. The van der Waals surface area contributed by atoms with Crippen LogP contribution in [0, 0.1) is 5.92 Å². The number of benzene rings is 1. The molecule has 184 valence electrons. The Labute approximate surface area is 205 Å². The number of nitrogens with one attached hydrogen (secondary N) is 1. The van der Waals surface area contributed by atoms with Gasteiger partial charge in [0.25, 0.3) is 5.56 Å². The van der Waals surface area contributed by atoms with Gasteiger partial charge in [-0.2, -0.15) is 0 Å². The summed E-state index contributed by atoms with van der Waals surface area (Å²) >= 11 is 0. The average Bonchev–Trinajstić information content (AvgIpc) is 3.62. The summed E-state index contributed by atoms with van der Waals surface area (Å²) in [7, 11) is 0. The molecule has 4 aromatic rings. The number of hydrogen-bond donors (Lipinski definition) is 1. The summed E-state index contributed by atoms with van der Waals surface area (Å²) in [5.74, 6) is 1.94. The zero-order chi connectivity index (χ0) is 24.4. The van der Waals surface area contributed by atoms with Crippen LogP contribution in [-0.4, -0.2) is 30.1 Å². The van der Waals surface area contributed by atoms with Crippen LogP contribution in [0.2, 0.25) is 0 Å². The van der Waals surface area contributed by atoms with Crippen LogP contribution >= 0.6 is 0 Å². The predicted octanol–water partition coefficient (Wildman–Crippen LogP) is 5.18. The van der Waals surface area contributed by atoms with Gasteiger partial charge in [-0.15, -0.1) is 5.10 Å². The number of hydrogen-bond acceptors (Lipinski definition) is 6. The maximum Gasteiger partial charge on any atom is 0.252 e. The highest BCUT2D eigenvalue weighted by Gasteiger charge is 2.33. The van der Waals surface area contributed by atoms with Crippen LogP contribution in [0.1, 0.15) is 81.2 Å². The highest BCUT2D eigenvalue weighted by molar-refractivity contribution is 5.79. The highest BCUT2D eigenvalue weighted by Crippen LogP contribution is 2.35. The van der Waals surface area contributed by atoms with Crippen LogP contribution in [0.3, 0.4) is 0 Å². The molecule has 0 radical (unpaired) electrons. The Morgan fingerprint density at radius 2 is 2.00 bits per heavy atom. The van der Waals surface area contributed by atoms with Crippen molar-refractivity contribution in [3.8, 4) is 0 Å². The topological polar surface area (TPSA) is 92.8 Å². The number of aryl methyl sites for hydroxylation is 1. The first-order valence-corrected chi connectivity index (χ1v) is 12.7. The molecule has 0 aliphatic heterocycles. The Balaban J connectivity index is 1.55. The standard InChI is InChI=1S/C27H34N6O2/c1-4-19-11-12-24-20(14-19)15-21(27(34)28-24)16-32(17-23-10-7-13-35-23)25(18(2)3)26-29-30-31-33(26)22-8-5-6-9-22/h7,10-15,18,22,25H,4-6,8-9,16-17H2,1-3H3,(H,28,34)/t25-/m0/s1. The summed E-state index contributed by atoms with van der Waals surface area (Å²) in [5, 5.41) is 14.0. The number of nitrogens with zero attached hydrogens (tertiary/aromatic N) is 5. The van der Waals surface area contributed by atoms with Crippen molar-refractivity contribution in [2.45, 2.75) is 78.0 Å². The lowest BCUT2D eigenvalue weighted by Crippen LogP contribution is -2.35. The van der Waals surface area contributed by atoms with Crippen LogP contribution < -0.4 is 5.56 Å². The van der Waals surface area contributed by atoms with E-state index in [0.29, 0.717) is 19.1 Å². The minimum absolute atomic E-state index is 0.0657. The second kappa shape index (κ2) is 10.2. The first kappa shape index (κ1) is 23.5. The summed E-state index contributed by atoms with van der Waals surface area (Å²) in [5.41, 5.74) is 2.77. The quantitative estimate of drug-likeness (QED) is 0.359. The predicted molar refractivity (Wildman–Crippen MR) is 135 cm³/mol. The Hall–Kier alpha value is -3.26. The van der Waals surface area contributed by atoms with Crippen molar-refractivity contribution < 1.29 is 4.42 Å². The lowest BCUT2D eigenvalue weighted by atomic mass is 9.99. The van der Waals surface area contributed by atoms with Crippen molar-refractivity contribution in [1.29, 1.82) is 0 Å². The fourth-order valence-corrected chi connectivity index (χ4v) is 5.40. The van der Waals surface area contributed by atoms with Crippen molar-refractivity contribution in [3.05, 3.63) is 75.7 Å². The normalized spacial score (nSPS) is 15.6. The molecule has 0 unspecified atom stereocenters. The van der Waals surface area contributed by atoms with Gasteiger partial charge in [0.1, 0.15) is 5.76 Å². The van der Waals surface area contributed by atoms with Gasteiger partial charge in [-0.05, 0) is 76.9 Å². The van der Waals surface area contributed by atoms with Gasteiger partial charge in [-0.3, -0.25) is 9.69 Å². The minimum Gasteiger partial charge on any atom is -0.468 e. The molecule has 3 heterocycles. The lowest BCUT2D eigenvalue weighted by Gasteiger charge is -2.33. The molecule has 1 aliphatic rings. The zero-order valence-corrected chi connectivity index (χ0v) is 20.8. The van der Waals surface area contributed by atoms with Gasteiger partial charge in [-0.25, -0.2) is 4.68 Å². The minimum atomic E-state index is -0.0761. The van der Waals surface area contributed by atoms with Gasteiger partial charge in [0.05, 0.1) is 24.9 Å². The molecule has 1 aliphatic carbocycles. The Kier molecular flexibility index (Phi) is 6.81. The van der Waals surface area contributed by atoms with E-state index < -0.39 is 0 Å². The van der Waals surface area contributed by atoms with Crippen molar-refractivity contribution in [2.75, 3.05) is 0 Å². The lowest BCUT2D eigenvalue weighted by molar-refractivity contribution is 0.114. The molecule has 1 fully saturated rings. The van der Waals surface area contributed by atoms with Gasteiger partial charge in [-0.1, -0.05) is 39.7 Å². The Bertz CT molecular complexity index is 1320.